The molecule has 2 saturated heterocycles. The molecule has 28 heavy (non-hydrogen) atoms. The lowest BCUT2D eigenvalue weighted by atomic mass is 10.2. The minimum Gasteiger partial charge on any atom is -0.340 e. The van der Waals surface area contributed by atoms with E-state index >= 15 is 0 Å². The second-order valence-corrected chi connectivity index (χ2v) is 8.50. The zero-order valence-corrected chi connectivity index (χ0v) is 18.1. The molecule has 1 N–H and O–H groups in total. The van der Waals surface area contributed by atoms with Crippen LogP contribution in [-0.4, -0.2) is 85.4 Å². The molecule has 6 nitrogen and oxygen atoms in total. The lowest BCUT2D eigenvalue weighted by molar-refractivity contribution is -0.131. The Bertz CT molecular complexity index is 658. The number of amides is 2. The average Bonchev–Trinajstić information content (AvgIpc) is 3.24. The molecule has 1 aromatic rings. The van der Waals surface area contributed by atoms with Crippen molar-refractivity contribution in [3.05, 3.63) is 34.3 Å². The van der Waals surface area contributed by atoms with E-state index in [2.05, 4.69) is 26.1 Å². The Morgan fingerprint density at radius 3 is 2.54 bits per heavy atom. The summed E-state index contributed by atoms with van der Waals surface area (Å²) < 4.78 is 0.896. The van der Waals surface area contributed by atoms with Gasteiger partial charge < -0.3 is 20.0 Å². The van der Waals surface area contributed by atoms with Gasteiger partial charge in [-0.25, -0.2) is 0 Å². The summed E-state index contributed by atoms with van der Waals surface area (Å²) in [5, 5.41) is 3.27. The van der Waals surface area contributed by atoms with Gasteiger partial charge >= 0.3 is 0 Å². The molecule has 2 fully saturated rings. The van der Waals surface area contributed by atoms with Crippen LogP contribution >= 0.6 is 15.9 Å². The molecule has 2 aliphatic heterocycles. The van der Waals surface area contributed by atoms with E-state index < -0.39 is 0 Å². The molecule has 7 heteroatoms. The fraction of sp³-hybridized carbons (Fsp3) is 0.619. The number of nitrogens with one attached hydrogen (secondary N) is 1. The summed E-state index contributed by atoms with van der Waals surface area (Å²) in [4.78, 5) is 31.8. The second kappa shape index (κ2) is 10.9. The standard InChI is InChI=1S/C21H31BrN4O2/c22-19-6-3-5-18(17-19)21(28)26(13-4-12-24-10-1-2-11-24)14-7-20(27)25-15-8-23-9-16-25/h3,5-6,17,23H,1-2,4,7-16H2. The van der Waals surface area contributed by atoms with E-state index in [0.717, 1.165) is 43.6 Å². The third kappa shape index (κ3) is 6.29. The zero-order valence-electron chi connectivity index (χ0n) is 16.5. The number of carbonyl (C=O) groups is 2. The number of carbonyl (C=O) groups excluding carboxylic acids is 2. The molecule has 1 aromatic carbocycles. The molecule has 0 aliphatic carbocycles. The van der Waals surface area contributed by atoms with E-state index in [4.69, 9.17) is 0 Å². The first kappa shape index (κ1) is 21.3. The van der Waals surface area contributed by atoms with Gasteiger partial charge in [0.05, 0.1) is 0 Å². The van der Waals surface area contributed by atoms with Crippen LogP contribution in [0.25, 0.3) is 0 Å². The van der Waals surface area contributed by atoms with Crippen molar-refractivity contribution in [2.45, 2.75) is 25.7 Å². The number of nitrogens with zero attached hydrogens (tertiary/aromatic N) is 3. The number of piperazine rings is 1. The van der Waals surface area contributed by atoms with Crippen LogP contribution in [0.1, 0.15) is 36.0 Å². The molecular weight excluding hydrogens is 420 g/mol. The third-order valence-electron chi connectivity index (χ3n) is 5.53. The maximum Gasteiger partial charge on any atom is 0.253 e. The van der Waals surface area contributed by atoms with Gasteiger partial charge in [-0.1, -0.05) is 22.0 Å². The highest BCUT2D eigenvalue weighted by molar-refractivity contribution is 9.10. The van der Waals surface area contributed by atoms with Gasteiger partial charge in [0.25, 0.3) is 5.91 Å². The highest BCUT2D eigenvalue weighted by atomic mass is 79.9. The van der Waals surface area contributed by atoms with Crippen molar-refractivity contribution in [3.63, 3.8) is 0 Å². The van der Waals surface area contributed by atoms with Gasteiger partial charge in [-0.3, -0.25) is 9.59 Å². The second-order valence-electron chi connectivity index (χ2n) is 7.59. The largest absolute Gasteiger partial charge is 0.340 e. The lowest BCUT2D eigenvalue weighted by Gasteiger charge is -2.29. The maximum atomic E-state index is 13.1. The summed E-state index contributed by atoms with van der Waals surface area (Å²) >= 11 is 3.45. The Morgan fingerprint density at radius 2 is 1.82 bits per heavy atom. The summed E-state index contributed by atoms with van der Waals surface area (Å²) in [7, 11) is 0. The monoisotopic (exact) mass is 450 g/mol. The molecule has 0 radical (unpaired) electrons. The molecule has 0 atom stereocenters. The minimum atomic E-state index is 0.0100. The Labute approximate surface area is 176 Å². The summed E-state index contributed by atoms with van der Waals surface area (Å²) in [6, 6.07) is 7.50. The van der Waals surface area contributed by atoms with Crippen LogP contribution in [-0.2, 0) is 4.79 Å². The number of rotatable bonds is 8. The first-order valence-corrected chi connectivity index (χ1v) is 11.2. The van der Waals surface area contributed by atoms with Crippen LogP contribution in [0, 0.1) is 0 Å². The van der Waals surface area contributed by atoms with Gasteiger partial charge in [0.1, 0.15) is 0 Å². The Morgan fingerprint density at radius 1 is 1.07 bits per heavy atom. The van der Waals surface area contributed by atoms with Crippen molar-refractivity contribution in [3.8, 4) is 0 Å². The smallest absolute Gasteiger partial charge is 0.253 e. The molecule has 0 bridgehead atoms. The first-order chi connectivity index (χ1) is 13.6. The molecule has 0 spiro atoms. The van der Waals surface area contributed by atoms with Crippen LogP contribution in [0.2, 0.25) is 0 Å². The summed E-state index contributed by atoms with van der Waals surface area (Å²) in [5.41, 5.74) is 0.671. The van der Waals surface area contributed by atoms with Gasteiger partial charge in [-0.15, -0.1) is 0 Å². The van der Waals surface area contributed by atoms with Crippen LogP contribution < -0.4 is 5.32 Å². The van der Waals surface area contributed by atoms with Crippen molar-refractivity contribution in [1.82, 2.24) is 20.0 Å². The third-order valence-corrected chi connectivity index (χ3v) is 6.02. The molecule has 0 unspecified atom stereocenters. The topological polar surface area (TPSA) is 55.9 Å². The molecule has 0 saturated carbocycles. The number of likely N-dealkylation sites (tertiary alicyclic amines) is 1. The average molecular weight is 451 g/mol. The molecular formula is C21H31BrN4O2. The van der Waals surface area contributed by atoms with Crippen LogP contribution in [0.15, 0.2) is 28.7 Å². The van der Waals surface area contributed by atoms with E-state index in [1.165, 1.54) is 25.9 Å². The fourth-order valence-electron chi connectivity index (χ4n) is 3.91. The van der Waals surface area contributed by atoms with Crippen molar-refractivity contribution < 1.29 is 9.59 Å². The first-order valence-electron chi connectivity index (χ1n) is 10.4. The van der Waals surface area contributed by atoms with Gasteiger partial charge in [0.15, 0.2) is 0 Å². The SMILES string of the molecule is O=C(CCN(CCCN1CCCC1)C(=O)c1cccc(Br)c1)N1CCNCC1. The zero-order chi connectivity index (χ0) is 19.8. The van der Waals surface area contributed by atoms with Crippen LogP contribution in [0.5, 0.6) is 0 Å². The predicted molar refractivity (Wildman–Crippen MR) is 114 cm³/mol. The Balaban J connectivity index is 1.57. The minimum absolute atomic E-state index is 0.0100. The normalized spacial score (nSPS) is 17.7. The van der Waals surface area contributed by atoms with E-state index in [0.29, 0.717) is 25.1 Å². The van der Waals surface area contributed by atoms with Gasteiger partial charge in [-0.2, -0.15) is 0 Å². The maximum absolute atomic E-state index is 13.1. The van der Waals surface area contributed by atoms with E-state index in [-0.39, 0.29) is 11.8 Å². The predicted octanol–water partition coefficient (Wildman–Crippen LogP) is 2.20. The van der Waals surface area contributed by atoms with Crippen molar-refractivity contribution in [1.29, 1.82) is 0 Å². The number of benzene rings is 1. The van der Waals surface area contributed by atoms with Crippen LogP contribution in [0.4, 0.5) is 0 Å². The van der Waals surface area contributed by atoms with Crippen molar-refractivity contribution in [2.24, 2.45) is 0 Å². The van der Waals surface area contributed by atoms with E-state index in [9.17, 15) is 9.59 Å². The van der Waals surface area contributed by atoms with Crippen molar-refractivity contribution in [2.75, 3.05) is 58.9 Å². The number of hydrogen-bond donors (Lipinski definition) is 1. The van der Waals surface area contributed by atoms with Crippen LogP contribution in [0.3, 0.4) is 0 Å². The summed E-state index contributed by atoms with van der Waals surface area (Å²) in [5.74, 6) is 0.156. The van der Waals surface area contributed by atoms with Gasteiger partial charge in [0, 0.05) is 55.7 Å². The quantitative estimate of drug-likeness (QED) is 0.659. The molecule has 2 amide bonds. The number of halogens is 1. The Hall–Kier alpha value is -1.44. The fourth-order valence-corrected chi connectivity index (χ4v) is 4.31. The molecule has 2 heterocycles. The van der Waals surface area contributed by atoms with Gasteiger partial charge in [0.2, 0.25) is 5.91 Å². The molecule has 154 valence electrons. The molecule has 2 aliphatic rings. The highest BCUT2D eigenvalue weighted by Gasteiger charge is 2.21. The lowest BCUT2D eigenvalue weighted by Crippen LogP contribution is -2.47. The summed E-state index contributed by atoms with van der Waals surface area (Å²) in [6.07, 6.45) is 3.89. The van der Waals surface area contributed by atoms with E-state index in [1.54, 1.807) is 0 Å². The van der Waals surface area contributed by atoms with E-state index in [1.807, 2.05) is 34.1 Å². The molecule has 3 rings (SSSR count). The molecule has 0 aromatic heterocycles. The number of hydrogen-bond acceptors (Lipinski definition) is 4. The van der Waals surface area contributed by atoms with Gasteiger partial charge in [-0.05, 0) is 57.1 Å². The van der Waals surface area contributed by atoms with Crippen molar-refractivity contribution >= 4 is 27.7 Å². The highest BCUT2D eigenvalue weighted by Crippen LogP contribution is 2.15. The summed E-state index contributed by atoms with van der Waals surface area (Å²) in [6.45, 7) is 7.74. The Kier molecular flexibility index (Phi) is 8.30.